The van der Waals surface area contributed by atoms with Crippen molar-refractivity contribution in [1.82, 2.24) is 5.32 Å². The summed E-state index contributed by atoms with van der Waals surface area (Å²) in [5.41, 5.74) is 5.07. The van der Waals surface area contributed by atoms with E-state index >= 15 is 0 Å². The van der Waals surface area contributed by atoms with Gasteiger partial charge in [0.05, 0.1) is 0 Å². The Balaban J connectivity index is 1.92. The first-order valence-corrected chi connectivity index (χ1v) is 7.19. The number of hydrogen-bond donors (Lipinski definition) is 1. The summed E-state index contributed by atoms with van der Waals surface area (Å²) in [6.07, 6.45) is 2.63. The number of benzene rings is 2. The Hall–Kier alpha value is -1.31. The highest BCUT2D eigenvalue weighted by Crippen LogP contribution is 2.28. The van der Waals surface area contributed by atoms with E-state index in [1.54, 1.807) is 0 Å². The Morgan fingerprint density at radius 2 is 1.84 bits per heavy atom. The van der Waals surface area contributed by atoms with E-state index in [1.807, 2.05) is 6.07 Å². The first-order valence-electron chi connectivity index (χ1n) is 6.81. The van der Waals surface area contributed by atoms with Gasteiger partial charge in [-0.15, -0.1) is 0 Å². The van der Waals surface area contributed by atoms with Crippen molar-refractivity contribution in [2.75, 3.05) is 0 Å². The Labute approximate surface area is 119 Å². The molecule has 1 N–H and O–H groups in total. The molecule has 1 aliphatic carbocycles. The molecule has 0 aromatic heterocycles. The lowest BCUT2D eigenvalue weighted by Crippen LogP contribution is -2.15. The highest BCUT2D eigenvalue weighted by atomic mass is 35.5. The molecule has 0 radical (unpaired) electrons. The summed E-state index contributed by atoms with van der Waals surface area (Å²) >= 11 is 6.15. The molecule has 0 unspecified atom stereocenters. The monoisotopic (exact) mass is 271 g/mol. The van der Waals surface area contributed by atoms with Crippen molar-refractivity contribution in [2.45, 2.75) is 32.4 Å². The van der Waals surface area contributed by atoms with E-state index in [-0.39, 0.29) is 0 Å². The van der Waals surface area contributed by atoms with Crippen LogP contribution in [0.3, 0.4) is 0 Å². The fourth-order valence-electron chi connectivity index (χ4n) is 2.25. The van der Waals surface area contributed by atoms with Crippen LogP contribution in [-0.4, -0.2) is 6.04 Å². The third-order valence-electron chi connectivity index (χ3n) is 3.59. The van der Waals surface area contributed by atoms with Crippen LogP contribution < -0.4 is 5.32 Å². The summed E-state index contributed by atoms with van der Waals surface area (Å²) in [7, 11) is 0. The lowest BCUT2D eigenvalue weighted by Gasteiger charge is -2.11. The van der Waals surface area contributed by atoms with Gasteiger partial charge in [0, 0.05) is 17.6 Å². The Morgan fingerprint density at radius 3 is 2.53 bits per heavy atom. The van der Waals surface area contributed by atoms with Crippen LogP contribution in [0.5, 0.6) is 0 Å². The first kappa shape index (κ1) is 12.7. The lowest BCUT2D eigenvalue weighted by molar-refractivity contribution is 0.689. The van der Waals surface area contributed by atoms with Gasteiger partial charge >= 0.3 is 0 Å². The molecule has 0 saturated heterocycles. The third-order valence-corrected chi connectivity index (χ3v) is 3.83. The highest BCUT2D eigenvalue weighted by molar-refractivity contribution is 6.30. The minimum Gasteiger partial charge on any atom is -0.310 e. The maximum Gasteiger partial charge on any atom is 0.0412 e. The normalized spacial score (nSPS) is 14.6. The molecule has 2 heteroatoms. The largest absolute Gasteiger partial charge is 0.310 e. The van der Waals surface area contributed by atoms with Gasteiger partial charge in [-0.05, 0) is 48.6 Å². The minimum atomic E-state index is 0.724. The number of halogens is 1. The van der Waals surface area contributed by atoms with E-state index in [1.165, 1.54) is 35.1 Å². The molecule has 0 bridgehead atoms. The molecule has 0 atom stereocenters. The summed E-state index contributed by atoms with van der Waals surface area (Å²) in [6.45, 7) is 3.03. The Kier molecular flexibility index (Phi) is 3.58. The van der Waals surface area contributed by atoms with Crippen LogP contribution >= 0.6 is 11.6 Å². The van der Waals surface area contributed by atoms with Gasteiger partial charge in [0.25, 0.3) is 0 Å². The van der Waals surface area contributed by atoms with Gasteiger partial charge in [0.2, 0.25) is 0 Å². The second-order valence-corrected chi connectivity index (χ2v) is 5.76. The van der Waals surface area contributed by atoms with Crippen LogP contribution in [-0.2, 0) is 6.54 Å². The van der Waals surface area contributed by atoms with Crippen LogP contribution in [0.2, 0.25) is 5.02 Å². The molecule has 2 aromatic carbocycles. The Bertz CT molecular complexity index is 570. The molecule has 0 heterocycles. The minimum absolute atomic E-state index is 0.724. The van der Waals surface area contributed by atoms with Crippen LogP contribution in [0.1, 0.15) is 24.0 Å². The van der Waals surface area contributed by atoms with Crippen LogP contribution in [0.25, 0.3) is 11.1 Å². The molecular formula is C17H18ClN. The van der Waals surface area contributed by atoms with Crippen molar-refractivity contribution in [3.8, 4) is 11.1 Å². The molecule has 1 fully saturated rings. The number of hydrogen-bond acceptors (Lipinski definition) is 1. The zero-order valence-corrected chi connectivity index (χ0v) is 11.9. The van der Waals surface area contributed by atoms with E-state index in [9.17, 15) is 0 Å². The predicted octanol–water partition coefficient (Wildman–Crippen LogP) is 4.57. The maximum absolute atomic E-state index is 6.15. The molecule has 3 rings (SSSR count). The summed E-state index contributed by atoms with van der Waals surface area (Å²) < 4.78 is 0. The SMILES string of the molecule is Cc1ccc(-c2cc(Cl)ccc2CNC2CC2)cc1. The van der Waals surface area contributed by atoms with E-state index in [2.05, 4.69) is 48.6 Å². The van der Waals surface area contributed by atoms with Crippen molar-refractivity contribution in [3.05, 3.63) is 58.6 Å². The summed E-state index contributed by atoms with van der Waals surface area (Å²) in [4.78, 5) is 0. The van der Waals surface area contributed by atoms with Crippen molar-refractivity contribution in [2.24, 2.45) is 0 Å². The summed E-state index contributed by atoms with van der Waals surface area (Å²) in [6, 6.07) is 15.5. The van der Waals surface area contributed by atoms with E-state index in [0.29, 0.717) is 0 Å². The molecular weight excluding hydrogens is 254 g/mol. The molecule has 98 valence electrons. The molecule has 0 spiro atoms. The van der Waals surface area contributed by atoms with Gasteiger partial charge in [-0.1, -0.05) is 47.5 Å². The van der Waals surface area contributed by atoms with Crippen LogP contribution in [0.4, 0.5) is 0 Å². The second-order valence-electron chi connectivity index (χ2n) is 5.32. The highest BCUT2D eigenvalue weighted by Gasteiger charge is 2.20. The predicted molar refractivity (Wildman–Crippen MR) is 81.5 cm³/mol. The Morgan fingerprint density at radius 1 is 1.11 bits per heavy atom. The molecule has 0 amide bonds. The van der Waals surface area contributed by atoms with Crippen molar-refractivity contribution in [3.63, 3.8) is 0 Å². The van der Waals surface area contributed by atoms with Crippen LogP contribution in [0.15, 0.2) is 42.5 Å². The lowest BCUT2D eigenvalue weighted by atomic mass is 9.99. The quantitative estimate of drug-likeness (QED) is 0.859. The van der Waals surface area contributed by atoms with Crippen molar-refractivity contribution < 1.29 is 0 Å². The van der Waals surface area contributed by atoms with Crippen LogP contribution in [0, 0.1) is 6.92 Å². The van der Waals surface area contributed by atoms with Gasteiger partial charge in [-0.2, -0.15) is 0 Å². The molecule has 0 aliphatic heterocycles. The third kappa shape index (κ3) is 3.17. The average molecular weight is 272 g/mol. The molecule has 2 aromatic rings. The number of nitrogens with one attached hydrogen (secondary N) is 1. The fourth-order valence-corrected chi connectivity index (χ4v) is 2.42. The van der Waals surface area contributed by atoms with Gasteiger partial charge in [0.15, 0.2) is 0 Å². The zero-order valence-electron chi connectivity index (χ0n) is 11.1. The topological polar surface area (TPSA) is 12.0 Å². The van der Waals surface area contributed by atoms with Gasteiger partial charge in [-0.3, -0.25) is 0 Å². The van der Waals surface area contributed by atoms with E-state index < -0.39 is 0 Å². The first-order chi connectivity index (χ1) is 9.22. The molecule has 1 aliphatic rings. The van der Waals surface area contributed by atoms with Crippen molar-refractivity contribution in [1.29, 1.82) is 0 Å². The van der Waals surface area contributed by atoms with Gasteiger partial charge in [0.1, 0.15) is 0 Å². The van der Waals surface area contributed by atoms with Crippen molar-refractivity contribution >= 4 is 11.6 Å². The zero-order chi connectivity index (χ0) is 13.2. The van der Waals surface area contributed by atoms with E-state index in [0.717, 1.165) is 17.6 Å². The molecule has 1 saturated carbocycles. The summed E-state index contributed by atoms with van der Waals surface area (Å²) in [5, 5.41) is 4.37. The fraction of sp³-hybridized carbons (Fsp3) is 0.294. The standard InChI is InChI=1S/C17H18ClN/c1-12-2-4-13(5-3-12)17-10-15(18)7-6-14(17)11-19-16-8-9-16/h2-7,10,16,19H,8-9,11H2,1H3. The molecule has 1 nitrogen and oxygen atoms in total. The van der Waals surface area contributed by atoms with E-state index in [4.69, 9.17) is 11.6 Å². The number of rotatable bonds is 4. The second kappa shape index (κ2) is 5.36. The van der Waals surface area contributed by atoms with Gasteiger partial charge < -0.3 is 5.32 Å². The summed E-state index contributed by atoms with van der Waals surface area (Å²) in [5.74, 6) is 0. The average Bonchev–Trinajstić information content (AvgIpc) is 3.22. The maximum atomic E-state index is 6.15. The molecule has 19 heavy (non-hydrogen) atoms. The van der Waals surface area contributed by atoms with Gasteiger partial charge in [-0.25, -0.2) is 0 Å². The number of aryl methyl sites for hydroxylation is 1. The smallest absolute Gasteiger partial charge is 0.0412 e.